The molecule has 4 heterocycles. The van der Waals surface area contributed by atoms with Crippen LogP contribution in [0, 0.1) is 5.21 Å². The molecule has 0 fully saturated rings. The molecule has 1 aromatic carbocycles. The predicted octanol–water partition coefficient (Wildman–Crippen LogP) is 2.27. The molecule has 0 saturated heterocycles. The molecule has 7 heteroatoms. The van der Waals surface area contributed by atoms with E-state index >= 15 is 0 Å². The van der Waals surface area contributed by atoms with Gasteiger partial charge < -0.3 is 15.1 Å². The number of rotatable bonds is 3. The molecule has 0 aliphatic carbocycles. The zero-order valence-electron chi connectivity index (χ0n) is 16.9. The molecule has 2 aliphatic rings. The maximum Gasteiger partial charge on any atom is 0.343 e. The lowest BCUT2D eigenvalue weighted by Crippen LogP contribution is -2.44. The molecular weight excluding hydrogens is 384 g/mol. The maximum absolute atomic E-state index is 13.4. The molecular formula is C23H22N2O5. The third kappa shape index (κ3) is 2.26. The van der Waals surface area contributed by atoms with Gasteiger partial charge in [0.25, 0.3) is 5.56 Å². The van der Waals surface area contributed by atoms with Gasteiger partial charge in [0.05, 0.1) is 23.1 Å². The Hall–Kier alpha value is -3.19. The van der Waals surface area contributed by atoms with Crippen molar-refractivity contribution in [3.63, 3.8) is 0 Å². The number of aliphatic hydroxyl groups is 1. The number of hydrogen-bond donors (Lipinski definition) is 1. The quantitative estimate of drug-likeness (QED) is 0.320. The van der Waals surface area contributed by atoms with Crippen LogP contribution < -0.4 is 10.3 Å². The van der Waals surface area contributed by atoms with Crippen LogP contribution in [0.2, 0.25) is 0 Å². The Morgan fingerprint density at radius 1 is 1.23 bits per heavy atom. The van der Waals surface area contributed by atoms with E-state index in [9.17, 15) is 19.9 Å². The van der Waals surface area contributed by atoms with Gasteiger partial charge in [0.1, 0.15) is 12.3 Å². The number of carbonyl (C=O) groups excluding carboxylic acids is 1. The molecule has 2 aliphatic heterocycles. The highest BCUT2D eigenvalue weighted by Gasteiger charge is 2.46. The fourth-order valence-electron chi connectivity index (χ4n) is 4.83. The summed E-state index contributed by atoms with van der Waals surface area (Å²) in [6.07, 6.45) is 1.76. The lowest BCUT2D eigenvalue weighted by Gasteiger charge is -2.31. The minimum Gasteiger partial charge on any atom is -0.618 e. The topological polar surface area (TPSA) is 95.5 Å². The molecule has 1 N–H and O–H groups in total. The molecule has 0 saturated carbocycles. The Morgan fingerprint density at radius 2 is 2.00 bits per heavy atom. The summed E-state index contributed by atoms with van der Waals surface area (Å²) < 4.78 is 7.54. The van der Waals surface area contributed by atoms with Crippen molar-refractivity contribution in [2.24, 2.45) is 0 Å². The van der Waals surface area contributed by atoms with Gasteiger partial charge >= 0.3 is 5.97 Å². The van der Waals surface area contributed by atoms with Gasteiger partial charge in [0.15, 0.2) is 5.60 Å². The molecule has 2 aromatic heterocycles. The lowest BCUT2D eigenvalue weighted by molar-refractivity contribution is -0.565. The van der Waals surface area contributed by atoms with Crippen LogP contribution >= 0.6 is 0 Å². The molecule has 0 unspecified atom stereocenters. The second-order valence-corrected chi connectivity index (χ2v) is 7.97. The van der Waals surface area contributed by atoms with Crippen molar-refractivity contribution in [1.29, 1.82) is 0 Å². The lowest BCUT2D eigenvalue weighted by atomic mass is 9.86. The van der Waals surface area contributed by atoms with E-state index in [-0.39, 0.29) is 36.3 Å². The number of carbonyl (C=O) groups is 1. The number of ether oxygens (including phenoxy) is 1. The standard InChI is InChI=1S/C23H22N2O5/c1-3-7-13-14-8-5-6-9-18(14)25(29)20-15(13)11-24-19(20)10-17-16(21(24)26)12-30-22(27)23(17,28)4-2/h5-6,8-10,28H,3-4,7,11-12H2,1-2H3/t23-/m0/s1. The first kappa shape index (κ1) is 18.8. The van der Waals surface area contributed by atoms with Gasteiger partial charge in [0, 0.05) is 11.6 Å². The van der Waals surface area contributed by atoms with E-state index in [2.05, 4.69) is 6.92 Å². The summed E-state index contributed by atoms with van der Waals surface area (Å²) in [4.78, 5) is 25.6. The van der Waals surface area contributed by atoms with Gasteiger partial charge in [-0.25, -0.2) is 4.79 Å². The average Bonchev–Trinajstić information content (AvgIpc) is 3.14. The SMILES string of the molecule is CCCc1c2c([n+]([O-])c3ccccc13)-c1cc3c(c(=O)n1C2)COC(=O)[C@]3(O)CC. The van der Waals surface area contributed by atoms with Crippen LogP contribution in [-0.2, 0) is 34.7 Å². The Kier molecular flexibility index (Phi) is 4.02. The smallest absolute Gasteiger partial charge is 0.343 e. The Morgan fingerprint density at radius 3 is 2.73 bits per heavy atom. The van der Waals surface area contributed by atoms with Crippen LogP contribution in [0.5, 0.6) is 0 Å². The molecule has 0 bridgehead atoms. The predicted molar refractivity (Wildman–Crippen MR) is 110 cm³/mol. The summed E-state index contributed by atoms with van der Waals surface area (Å²) >= 11 is 0. The number of pyridine rings is 2. The number of cyclic esters (lactones) is 1. The number of fused-ring (bicyclic) bond motifs is 5. The van der Waals surface area contributed by atoms with E-state index in [1.165, 1.54) is 0 Å². The summed E-state index contributed by atoms with van der Waals surface area (Å²) in [5.41, 5.74) is 1.61. The molecule has 3 aromatic rings. The zero-order chi connectivity index (χ0) is 21.2. The van der Waals surface area contributed by atoms with E-state index in [1.807, 2.05) is 18.2 Å². The van der Waals surface area contributed by atoms with Crippen molar-refractivity contribution < 1.29 is 19.4 Å². The third-order valence-corrected chi connectivity index (χ3v) is 6.40. The highest BCUT2D eigenvalue weighted by Crippen LogP contribution is 2.39. The Labute approximate surface area is 172 Å². The molecule has 0 amide bonds. The van der Waals surface area contributed by atoms with Crippen LogP contribution in [-0.4, -0.2) is 15.6 Å². The number of aryl methyl sites for hydroxylation is 1. The minimum atomic E-state index is -1.89. The van der Waals surface area contributed by atoms with Crippen LogP contribution in [0.4, 0.5) is 0 Å². The summed E-state index contributed by atoms with van der Waals surface area (Å²) in [5, 5.41) is 25.2. The molecule has 0 radical (unpaired) electrons. The second-order valence-electron chi connectivity index (χ2n) is 7.97. The van der Waals surface area contributed by atoms with Crippen molar-refractivity contribution in [2.45, 2.75) is 51.9 Å². The van der Waals surface area contributed by atoms with Gasteiger partial charge in [0.2, 0.25) is 11.2 Å². The number of benzene rings is 1. The van der Waals surface area contributed by atoms with E-state index < -0.39 is 11.6 Å². The zero-order valence-corrected chi connectivity index (χ0v) is 16.9. The van der Waals surface area contributed by atoms with Gasteiger partial charge in [-0.3, -0.25) is 9.36 Å². The Balaban J connectivity index is 1.87. The van der Waals surface area contributed by atoms with Crippen LogP contribution in [0.25, 0.3) is 22.3 Å². The molecule has 0 spiro atoms. The molecule has 5 rings (SSSR count). The van der Waals surface area contributed by atoms with Crippen LogP contribution in [0.1, 0.15) is 48.9 Å². The highest BCUT2D eigenvalue weighted by atomic mass is 16.6. The molecule has 1 atom stereocenters. The van der Waals surface area contributed by atoms with E-state index in [0.717, 1.165) is 34.1 Å². The minimum absolute atomic E-state index is 0.0742. The summed E-state index contributed by atoms with van der Waals surface area (Å²) in [5.74, 6) is -0.764. The van der Waals surface area contributed by atoms with E-state index in [4.69, 9.17) is 4.74 Å². The van der Waals surface area contributed by atoms with Gasteiger partial charge in [-0.1, -0.05) is 32.4 Å². The number of aromatic nitrogens is 2. The van der Waals surface area contributed by atoms with Crippen LogP contribution in [0.15, 0.2) is 35.1 Å². The van der Waals surface area contributed by atoms with Crippen molar-refractivity contribution in [2.75, 3.05) is 0 Å². The van der Waals surface area contributed by atoms with E-state index in [0.29, 0.717) is 16.9 Å². The first-order valence-electron chi connectivity index (χ1n) is 10.3. The van der Waals surface area contributed by atoms with Crippen molar-refractivity contribution in [3.05, 3.63) is 68.1 Å². The number of esters is 1. The summed E-state index contributed by atoms with van der Waals surface area (Å²) in [6.45, 7) is 3.86. The fraction of sp³-hybridized carbons (Fsp3) is 0.348. The van der Waals surface area contributed by atoms with Crippen molar-refractivity contribution in [3.8, 4) is 11.4 Å². The number of hydrogen-bond acceptors (Lipinski definition) is 5. The van der Waals surface area contributed by atoms with Crippen molar-refractivity contribution in [1.82, 2.24) is 4.57 Å². The number of para-hydroxylation sites is 1. The highest BCUT2D eigenvalue weighted by molar-refractivity contribution is 5.86. The molecule has 30 heavy (non-hydrogen) atoms. The first-order chi connectivity index (χ1) is 14.4. The maximum atomic E-state index is 13.4. The van der Waals surface area contributed by atoms with Gasteiger partial charge in [-0.15, -0.1) is 0 Å². The largest absolute Gasteiger partial charge is 0.618 e. The third-order valence-electron chi connectivity index (χ3n) is 6.40. The van der Waals surface area contributed by atoms with Crippen molar-refractivity contribution >= 4 is 16.9 Å². The van der Waals surface area contributed by atoms with E-state index in [1.54, 1.807) is 23.6 Å². The summed E-state index contributed by atoms with van der Waals surface area (Å²) in [7, 11) is 0. The first-order valence-corrected chi connectivity index (χ1v) is 10.3. The molecule has 154 valence electrons. The second kappa shape index (κ2) is 6.40. The number of nitrogens with zero attached hydrogens (tertiary/aromatic N) is 2. The Bertz CT molecular complexity index is 1290. The summed E-state index contributed by atoms with van der Waals surface area (Å²) in [6, 6.07) is 9.07. The fourth-order valence-corrected chi connectivity index (χ4v) is 4.83. The van der Waals surface area contributed by atoms with Gasteiger partial charge in [-0.2, -0.15) is 4.73 Å². The average molecular weight is 406 g/mol. The molecule has 7 nitrogen and oxygen atoms in total. The van der Waals surface area contributed by atoms with Crippen LogP contribution in [0.3, 0.4) is 0 Å². The normalized spacial score (nSPS) is 19.4. The van der Waals surface area contributed by atoms with Gasteiger partial charge in [-0.05, 0) is 30.5 Å². The monoisotopic (exact) mass is 406 g/mol.